The van der Waals surface area contributed by atoms with Crippen LogP contribution in [0, 0.1) is 6.92 Å². The molecule has 0 atom stereocenters. The lowest BCUT2D eigenvalue weighted by atomic mass is 10.1. The van der Waals surface area contributed by atoms with Crippen LogP contribution < -0.4 is 5.32 Å². The second-order valence-corrected chi connectivity index (χ2v) is 6.61. The van der Waals surface area contributed by atoms with Gasteiger partial charge in [-0.1, -0.05) is 11.9 Å². The van der Waals surface area contributed by atoms with Crippen molar-refractivity contribution < 1.29 is 17.6 Å². The van der Waals surface area contributed by atoms with Gasteiger partial charge < -0.3 is 9.73 Å². The SMILES string of the molecule is CSN1CCC(Nc2ncc(C(F)(F)F)c(-c3cnc(C)o3)n2)CC1. The number of halogens is 3. The summed E-state index contributed by atoms with van der Waals surface area (Å²) in [4.78, 5) is 11.8. The summed E-state index contributed by atoms with van der Waals surface area (Å²) >= 11 is 1.69. The summed E-state index contributed by atoms with van der Waals surface area (Å²) in [7, 11) is 0. The zero-order chi connectivity index (χ0) is 18.0. The molecular formula is C15H18F3N5OS. The van der Waals surface area contributed by atoms with Crippen molar-refractivity contribution in [1.82, 2.24) is 19.3 Å². The quantitative estimate of drug-likeness (QED) is 0.821. The first kappa shape index (κ1) is 18.0. The fraction of sp³-hybridized carbons (Fsp3) is 0.533. The number of aromatic nitrogens is 3. The molecule has 136 valence electrons. The first-order valence-corrected chi connectivity index (χ1v) is 8.97. The maximum Gasteiger partial charge on any atom is 0.420 e. The van der Waals surface area contributed by atoms with E-state index in [0.29, 0.717) is 0 Å². The summed E-state index contributed by atoms with van der Waals surface area (Å²) in [5.41, 5.74) is -1.24. The third-order valence-electron chi connectivity index (χ3n) is 3.99. The minimum absolute atomic E-state index is 0.0209. The van der Waals surface area contributed by atoms with Crippen molar-refractivity contribution in [1.29, 1.82) is 0 Å². The maximum atomic E-state index is 13.2. The number of alkyl halides is 3. The van der Waals surface area contributed by atoms with Gasteiger partial charge in [0.1, 0.15) is 11.3 Å². The molecule has 2 aromatic heterocycles. The molecule has 0 bridgehead atoms. The summed E-state index contributed by atoms with van der Waals surface area (Å²) in [6.07, 6.45) is 1.24. The summed E-state index contributed by atoms with van der Waals surface area (Å²) in [5, 5.41) is 3.13. The molecule has 1 aliphatic heterocycles. The topological polar surface area (TPSA) is 67.1 Å². The normalized spacial score (nSPS) is 17.0. The van der Waals surface area contributed by atoms with Crippen molar-refractivity contribution in [3.05, 3.63) is 23.8 Å². The highest BCUT2D eigenvalue weighted by molar-refractivity contribution is 7.96. The van der Waals surface area contributed by atoms with E-state index in [1.54, 1.807) is 18.9 Å². The molecule has 0 spiro atoms. The number of anilines is 1. The van der Waals surface area contributed by atoms with Crippen molar-refractivity contribution in [3.63, 3.8) is 0 Å². The van der Waals surface area contributed by atoms with Crippen molar-refractivity contribution in [3.8, 4) is 11.5 Å². The van der Waals surface area contributed by atoms with Gasteiger partial charge in [-0.05, 0) is 19.1 Å². The molecule has 1 fully saturated rings. The average Bonchev–Trinajstić information content (AvgIpc) is 3.01. The number of nitrogens with zero attached hydrogens (tertiary/aromatic N) is 4. The second kappa shape index (κ2) is 7.20. The van der Waals surface area contributed by atoms with Gasteiger partial charge in [0.2, 0.25) is 5.95 Å². The van der Waals surface area contributed by atoms with Gasteiger partial charge in [0.05, 0.1) is 6.20 Å². The average molecular weight is 373 g/mol. The molecule has 2 aromatic rings. The molecular weight excluding hydrogens is 355 g/mol. The lowest BCUT2D eigenvalue weighted by molar-refractivity contribution is -0.137. The highest BCUT2D eigenvalue weighted by Crippen LogP contribution is 2.36. The van der Waals surface area contributed by atoms with E-state index in [1.165, 1.54) is 6.20 Å². The van der Waals surface area contributed by atoms with Gasteiger partial charge in [0.15, 0.2) is 11.7 Å². The predicted octanol–water partition coefficient (Wildman–Crippen LogP) is 3.61. The van der Waals surface area contributed by atoms with Crippen molar-refractivity contribution in [2.75, 3.05) is 24.7 Å². The fourth-order valence-corrected chi connectivity index (χ4v) is 3.26. The van der Waals surface area contributed by atoms with E-state index in [9.17, 15) is 13.2 Å². The highest BCUT2D eigenvalue weighted by atomic mass is 32.2. The van der Waals surface area contributed by atoms with Crippen LogP contribution in [0.1, 0.15) is 24.3 Å². The largest absolute Gasteiger partial charge is 0.439 e. The number of hydrogen-bond donors (Lipinski definition) is 1. The van der Waals surface area contributed by atoms with Crippen LogP contribution in [0.4, 0.5) is 19.1 Å². The van der Waals surface area contributed by atoms with Crippen LogP contribution >= 0.6 is 11.9 Å². The van der Waals surface area contributed by atoms with Gasteiger partial charge in [-0.15, -0.1) is 0 Å². The van der Waals surface area contributed by atoms with Gasteiger partial charge >= 0.3 is 6.18 Å². The van der Waals surface area contributed by atoms with Crippen LogP contribution in [0.15, 0.2) is 16.8 Å². The van der Waals surface area contributed by atoms with Gasteiger partial charge in [0, 0.05) is 32.3 Å². The van der Waals surface area contributed by atoms with Gasteiger partial charge in [0.25, 0.3) is 0 Å². The van der Waals surface area contributed by atoms with Crippen molar-refractivity contribution in [2.45, 2.75) is 32.0 Å². The zero-order valence-corrected chi connectivity index (χ0v) is 14.6. The third-order valence-corrected chi connectivity index (χ3v) is 4.88. The summed E-state index contributed by atoms with van der Waals surface area (Å²) in [6, 6.07) is 0.129. The van der Waals surface area contributed by atoms with Gasteiger partial charge in [-0.2, -0.15) is 13.2 Å². The lowest BCUT2D eigenvalue weighted by Gasteiger charge is -2.30. The van der Waals surface area contributed by atoms with E-state index in [0.717, 1.165) is 32.1 Å². The molecule has 10 heteroatoms. The van der Waals surface area contributed by atoms with Crippen LogP contribution in [-0.4, -0.2) is 44.6 Å². The second-order valence-electron chi connectivity index (χ2n) is 5.73. The minimum atomic E-state index is -4.57. The first-order chi connectivity index (χ1) is 11.9. The Labute approximate surface area is 147 Å². The first-order valence-electron chi connectivity index (χ1n) is 7.79. The van der Waals surface area contributed by atoms with E-state index in [1.807, 2.05) is 6.26 Å². The number of rotatable bonds is 4. The lowest BCUT2D eigenvalue weighted by Crippen LogP contribution is -2.35. The molecule has 3 heterocycles. The number of piperidine rings is 1. The van der Waals surface area contributed by atoms with E-state index in [-0.39, 0.29) is 29.3 Å². The van der Waals surface area contributed by atoms with Crippen LogP contribution in [0.25, 0.3) is 11.5 Å². The predicted molar refractivity (Wildman–Crippen MR) is 89.0 cm³/mol. The van der Waals surface area contributed by atoms with Crippen molar-refractivity contribution >= 4 is 17.9 Å². The molecule has 1 aliphatic rings. The van der Waals surface area contributed by atoms with Crippen LogP contribution in [-0.2, 0) is 6.18 Å². The third kappa shape index (κ3) is 4.24. The molecule has 6 nitrogen and oxygen atoms in total. The summed E-state index contributed by atoms with van der Waals surface area (Å²) in [6.45, 7) is 3.39. The molecule has 0 aliphatic carbocycles. The van der Waals surface area contributed by atoms with E-state index in [4.69, 9.17) is 4.42 Å². The molecule has 1 saturated heterocycles. The van der Waals surface area contributed by atoms with E-state index in [2.05, 4.69) is 24.6 Å². The molecule has 0 unspecified atom stereocenters. The Balaban J connectivity index is 1.84. The maximum absolute atomic E-state index is 13.2. The standard InChI is InChI=1S/C15H18F3N5OS/c1-9-19-8-12(24-9)13-11(15(16,17)18)7-20-14(22-13)21-10-3-5-23(25-2)6-4-10/h7-8,10H,3-6H2,1-2H3,(H,20,21,22). The smallest absolute Gasteiger partial charge is 0.420 e. The van der Waals surface area contributed by atoms with Crippen LogP contribution in [0.5, 0.6) is 0 Å². The number of hydrogen-bond acceptors (Lipinski definition) is 7. The Morgan fingerprint density at radius 2 is 1.96 bits per heavy atom. The Bertz CT molecular complexity index is 728. The fourth-order valence-electron chi connectivity index (χ4n) is 2.68. The summed E-state index contributed by atoms with van der Waals surface area (Å²) in [5.74, 6) is 0.424. The molecule has 0 aromatic carbocycles. The Morgan fingerprint density at radius 3 is 2.52 bits per heavy atom. The Morgan fingerprint density at radius 1 is 1.24 bits per heavy atom. The molecule has 25 heavy (non-hydrogen) atoms. The molecule has 3 rings (SSSR count). The highest BCUT2D eigenvalue weighted by Gasteiger charge is 2.36. The van der Waals surface area contributed by atoms with Crippen LogP contribution in [0.3, 0.4) is 0 Å². The van der Waals surface area contributed by atoms with Crippen LogP contribution in [0.2, 0.25) is 0 Å². The molecule has 0 amide bonds. The summed E-state index contributed by atoms with van der Waals surface area (Å²) < 4.78 is 47.2. The van der Waals surface area contributed by atoms with E-state index >= 15 is 0 Å². The monoisotopic (exact) mass is 373 g/mol. The van der Waals surface area contributed by atoms with E-state index < -0.39 is 11.7 Å². The molecule has 0 saturated carbocycles. The minimum Gasteiger partial charge on any atom is -0.439 e. The Kier molecular flexibility index (Phi) is 5.19. The zero-order valence-electron chi connectivity index (χ0n) is 13.8. The Hall–Kier alpha value is -1.81. The number of aryl methyl sites for hydroxylation is 1. The number of nitrogens with one attached hydrogen (secondary N) is 1. The molecule has 0 radical (unpaired) electrons. The van der Waals surface area contributed by atoms with Gasteiger partial charge in [-0.25, -0.2) is 15.0 Å². The molecule has 1 N–H and O–H groups in total. The number of oxazole rings is 1. The van der Waals surface area contributed by atoms with Gasteiger partial charge in [-0.3, -0.25) is 4.31 Å². The van der Waals surface area contributed by atoms with Crippen molar-refractivity contribution in [2.24, 2.45) is 0 Å².